The van der Waals surface area contributed by atoms with Gasteiger partial charge in [0.1, 0.15) is 11.5 Å². The molecule has 0 saturated carbocycles. The van der Waals surface area contributed by atoms with Crippen molar-refractivity contribution in [3.8, 4) is 5.75 Å². The minimum atomic E-state index is -0.375. The van der Waals surface area contributed by atoms with E-state index in [1.54, 1.807) is 18.4 Å². The lowest BCUT2D eigenvalue weighted by Crippen LogP contribution is -2.20. The average Bonchev–Trinajstić information content (AvgIpc) is 3.06. The Bertz CT molecular complexity index is 894. The third-order valence-electron chi connectivity index (χ3n) is 3.99. The summed E-state index contributed by atoms with van der Waals surface area (Å²) >= 11 is 1.58. The molecule has 2 aromatic heterocycles. The molecule has 0 bridgehead atoms. The number of benzene rings is 1. The molecule has 3 rings (SSSR count). The molecule has 7 heteroatoms. The van der Waals surface area contributed by atoms with Crippen LogP contribution >= 0.6 is 11.3 Å². The largest absolute Gasteiger partial charge is 0.494 e. The van der Waals surface area contributed by atoms with Crippen LogP contribution in [0.25, 0.3) is 10.2 Å². The van der Waals surface area contributed by atoms with Crippen molar-refractivity contribution in [2.75, 3.05) is 12.4 Å². The molecule has 0 aliphatic rings. The number of hydrogen-bond acceptors (Lipinski definition) is 6. The number of carbonyl (C=O) groups is 1. The molecule has 126 valence electrons. The highest BCUT2D eigenvalue weighted by Gasteiger charge is 2.24. The Hall–Kier alpha value is -2.41. The fourth-order valence-corrected chi connectivity index (χ4v) is 3.66. The first-order valence-corrected chi connectivity index (χ1v) is 8.41. The van der Waals surface area contributed by atoms with Gasteiger partial charge in [0.2, 0.25) is 5.91 Å². The van der Waals surface area contributed by atoms with Gasteiger partial charge >= 0.3 is 0 Å². The lowest BCUT2D eigenvalue weighted by molar-refractivity contribution is -0.117. The molecular formula is C17H19N3O3S. The number of fused-ring (bicyclic) bond motifs is 1. The van der Waals surface area contributed by atoms with E-state index in [1.807, 2.05) is 39.8 Å². The Balaban J connectivity index is 1.92. The Morgan fingerprint density at radius 3 is 2.71 bits per heavy atom. The minimum Gasteiger partial charge on any atom is -0.494 e. The number of ether oxygens (including phenoxy) is 1. The fourth-order valence-electron chi connectivity index (χ4n) is 2.82. The lowest BCUT2D eigenvalue weighted by atomic mass is 9.98. The number of carbonyl (C=O) groups excluding carboxylic acids is 1. The highest BCUT2D eigenvalue weighted by molar-refractivity contribution is 7.18. The highest BCUT2D eigenvalue weighted by Crippen LogP contribution is 2.34. The second-order valence-corrected chi connectivity index (χ2v) is 6.94. The molecule has 0 radical (unpaired) electrons. The molecule has 2 heterocycles. The van der Waals surface area contributed by atoms with Gasteiger partial charge in [-0.25, -0.2) is 4.98 Å². The third-order valence-corrected chi connectivity index (χ3v) is 4.92. The first-order valence-electron chi connectivity index (χ1n) is 7.59. The maximum absolute atomic E-state index is 12.7. The monoisotopic (exact) mass is 345 g/mol. The number of methoxy groups -OCH3 is 1. The van der Waals surface area contributed by atoms with Gasteiger partial charge in [-0.2, -0.15) is 0 Å². The SMILES string of the molecule is COc1cc2nc(C)sc2cc1NC(=O)C(C)c1c(C)noc1C. The predicted octanol–water partition coefficient (Wildman–Crippen LogP) is 3.96. The zero-order valence-corrected chi connectivity index (χ0v) is 15.1. The van der Waals surface area contributed by atoms with E-state index in [9.17, 15) is 4.79 Å². The van der Waals surface area contributed by atoms with Crippen LogP contribution in [0.15, 0.2) is 16.7 Å². The van der Waals surface area contributed by atoms with Gasteiger partial charge in [-0.3, -0.25) is 4.79 Å². The van der Waals surface area contributed by atoms with Gasteiger partial charge in [-0.1, -0.05) is 5.16 Å². The fraction of sp³-hybridized carbons (Fsp3) is 0.353. The molecule has 0 saturated heterocycles. The standard InChI is InChI=1S/C17H19N3O3S/c1-8(16-9(2)20-23-10(16)3)17(21)19-12-7-15-13(6-14(12)22-5)18-11(4)24-15/h6-8H,1-5H3,(H,19,21). The molecule has 1 aromatic carbocycles. The van der Waals surface area contributed by atoms with Crippen LogP contribution in [0.1, 0.15) is 34.9 Å². The molecule has 0 aliphatic heterocycles. The van der Waals surface area contributed by atoms with Crippen LogP contribution in [0.3, 0.4) is 0 Å². The van der Waals surface area contributed by atoms with Crippen LogP contribution in [0, 0.1) is 20.8 Å². The summed E-state index contributed by atoms with van der Waals surface area (Å²) in [4.78, 5) is 17.1. The molecule has 0 fully saturated rings. The summed E-state index contributed by atoms with van der Waals surface area (Å²) in [6.07, 6.45) is 0. The zero-order chi connectivity index (χ0) is 17.4. The Morgan fingerprint density at radius 1 is 1.33 bits per heavy atom. The molecule has 1 atom stereocenters. The quantitative estimate of drug-likeness (QED) is 0.774. The van der Waals surface area contributed by atoms with Gasteiger partial charge in [0.25, 0.3) is 0 Å². The first kappa shape index (κ1) is 16.4. The number of nitrogens with one attached hydrogen (secondary N) is 1. The van der Waals surface area contributed by atoms with Gasteiger partial charge in [0.05, 0.1) is 39.6 Å². The van der Waals surface area contributed by atoms with Crippen molar-refractivity contribution in [3.63, 3.8) is 0 Å². The van der Waals surface area contributed by atoms with Crippen LogP contribution in [0.5, 0.6) is 5.75 Å². The van der Waals surface area contributed by atoms with Gasteiger partial charge < -0.3 is 14.6 Å². The lowest BCUT2D eigenvalue weighted by Gasteiger charge is -2.14. The van der Waals surface area contributed by atoms with Gasteiger partial charge in [0, 0.05) is 11.6 Å². The Morgan fingerprint density at radius 2 is 2.08 bits per heavy atom. The third kappa shape index (κ3) is 2.87. The molecule has 24 heavy (non-hydrogen) atoms. The van der Waals surface area contributed by atoms with Crippen LogP contribution < -0.4 is 10.1 Å². The summed E-state index contributed by atoms with van der Waals surface area (Å²) in [5.74, 6) is 0.742. The molecule has 0 aliphatic carbocycles. The van der Waals surface area contributed by atoms with E-state index in [2.05, 4.69) is 15.5 Å². The zero-order valence-electron chi connectivity index (χ0n) is 14.3. The molecule has 3 aromatic rings. The van der Waals surface area contributed by atoms with Gasteiger partial charge in [-0.15, -0.1) is 11.3 Å². The molecule has 0 spiro atoms. The van der Waals surface area contributed by atoms with Crippen molar-refractivity contribution in [2.45, 2.75) is 33.6 Å². The number of rotatable bonds is 4. The number of aromatic nitrogens is 2. The first-order chi connectivity index (χ1) is 11.4. The van der Waals surface area contributed by atoms with Crippen molar-refractivity contribution < 1.29 is 14.1 Å². The van der Waals surface area contributed by atoms with Crippen molar-refractivity contribution in [1.29, 1.82) is 0 Å². The van der Waals surface area contributed by atoms with Crippen LogP contribution in [-0.2, 0) is 4.79 Å². The average molecular weight is 345 g/mol. The van der Waals surface area contributed by atoms with Crippen LogP contribution in [0.2, 0.25) is 0 Å². The Kier molecular flexibility index (Phi) is 4.28. The van der Waals surface area contributed by atoms with E-state index in [0.29, 0.717) is 17.2 Å². The van der Waals surface area contributed by atoms with Gasteiger partial charge in [0.15, 0.2) is 0 Å². The van der Waals surface area contributed by atoms with E-state index in [-0.39, 0.29) is 11.8 Å². The van der Waals surface area contributed by atoms with E-state index < -0.39 is 0 Å². The Labute approximate surface area is 143 Å². The maximum atomic E-state index is 12.7. The van der Waals surface area contributed by atoms with Crippen molar-refractivity contribution >= 4 is 33.1 Å². The summed E-state index contributed by atoms with van der Waals surface area (Å²) in [5.41, 5.74) is 3.06. The van der Waals surface area contributed by atoms with E-state index in [4.69, 9.17) is 9.26 Å². The number of amides is 1. The second kappa shape index (κ2) is 6.24. The smallest absolute Gasteiger partial charge is 0.231 e. The van der Waals surface area contributed by atoms with Crippen molar-refractivity contribution in [1.82, 2.24) is 10.1 Å². The maximum Gasteiger partial charge on any atom is 0.231 e. The highest BCUT2D eigenvalue weighted by atomic mass is 32.1. The van der Waals surface area contributed by atoms with Crippen LogP contribution in [-0.4, -0.2) is 23.2 Å². The summed E-state index contributed by atoms with van der Waals surface area (Å²) < 4.78 is 11.6. The molecule has 1 unspecified atom stereocenters. The molecule has 1 amide bonds. The van der Waals surface area contributed by atoms with E-state index >= 15 is 0 Å². The summed E-state index contributed by atoms with van der Waals surface area (Å²) in [6.45, 7) is 7.44. The van der Waals surface area contributed by atoms with Crippen molar-refractivity contribution in [2.24, 2.45) is 0 Å². The number of hydrogen-bond donors (Lipinski definition) is 1. The summed E-state index contributed by atoms with van der Waals surface area (Å²) in [7, 11) is 1.58. The number of thiazole rings is 1. The number of nitrogens with zero attached hydrogens (tertiary/aromatic N) is 2. The molecular weight excluding hydrogens is 326 g/mol. The number of aryl methyl sites for hydroxylation is 3. The second-order valence-electron chi connectivity index (χ2n) is 5.70. The molecule has 1 N–H and O–H groups in total. The summed E-state index contributed by atoms with van der Waals surface area (Å²) in [5, 5.41) is 7.84. The number of anilines is 1. The van der Waals surface area contributed by atoms with Gasteiger partial charge in [-0.05, 0) is 33.8 Å². The van der Waals surface area contributed by atoms with Crippen LogP contribution in [0.4, 0.5) is 5.69 Å². The normalized spacial score (nSPS) is 12.4. The van der Waals surface area contributed by atoms with Crippen molar-refractivity contribution in [3.05, 3.63) is 34.2 Å². The van der Waals surface area contributed by atoms with E-state index in [0.717, 1.165) is 26.5 Å². The predicted molar refractivity (Wildman–Crippen MR) is 93.9 cm³/mol. The summed E-state index contributed by atoms with van der Waals surface area (Å²) in [6, 6.07) is 3.74. The minimum absolute atomic E-state index is 0.136. The molecule has 6 nitrogen and oxygen atoms in total. The topological polar surface area (TPSA) is 77.2 Å². The van der Waals surface area contributed by atoms with E-state index in [1.165, 1.54) is 0 Å².